The fourth-order valence-electron chi connectivity index (χ4n) is 2.13. The molecule has 0 atom stereocenters. The monoisotopic (exact) mass is 460 g/mol. The summed E-state index contributed by atoms with van der Waals surface area (Å²) in [6.45, 7) is 0. The first-order chi connectivity index (χ1) is 13.6. The molecule has 0 aliphatic carbocycles. The van der Waals surface area contributed by atoms with Crippen LogP contribution in [0.4, 0.5) is 26.3 Å². The molecule has 0 saturated carbocycles. The summed E-state index contributed by atoms with van der Waals surface area (Å²) in [4.78, 5) is 9.97. The van der Waals surface area contributed by atoms with Crippen molar-refractivity contribution in [3.8, 4) is 17.2 Å². The number of carbonyl (C=O) groups excluding carboxylic acids is 1. The molecule has 0 aromatic heterocycles. The number of alkyl halides is 6. The third-order valence-corrected chi connectivity index (χ3v) is 4.74. The maximum Gasteiger partial charge on any atom is 0.416 e. The minimum absolute atomic E-state index is 0.106. The number of phenols is 2. The van der Waals surface area contributed by atoms with Gasteiger partial charge in [-0.05, 0) is 24.3 Å². The highest BCUT2D eigenvalue weighted by Crippen LogP contribution is 2.40. The Bertz CT molecular complexity index is 1060. The number of benzene rings is 2. The fraction of sp³-hybridized carbons (Fsp3) is 0.188. The molecular weight excluding hydrogens is 450 g/mol. The molecule has 0 aliphatic rings. The van der Waals surface area contributed by atoms with Gasteiger partial charge in [0.05, 0.1) is 23.8 Å². The van der Waals surface area contributed by atoms with E-state index in [4.69, 9.17) is 0 Å². The summed E-state index contributed by atoms with van der Waals surface area (Å²) >= 11 is 0. The third-order valence-electron chi connectivity index (χ3n) is 3.53. The molecule has 0 heterocycles. The summed E-state index contributed by atoms with van der Waals surface area (Å²) in [7, 11) is -4.47. The largest absolute Gasteiger partial charge is 0.504 e. The second kappa shape index (κ2) is 7.59. The Balaban J connectivity index is 2.63. The number of hydrogen-bond donors (Lipinski definition) is 2. The van der Waals surface area contributed by atoms with Gasteiger partial charge in [-0.15, -0.1) is 0 Å². The molecule has 2 rings (SSSR count). The molecular formula is C16H10F6O7S. The predicted molar refractivity (Wildman–Crippen MR) is 85.4 cm³/mol. The summed E-state index contributed by atoms with van der Waals surface area (Å²) in [5.74, 6) is -4.57. The van der Waals surface area contributed by atoms with E-state index in [0.717, 1.165) is 7.11 Å². The van der Waals surface area contributed by atoms with Crippen LogP contribution in [0.3, 0.4) is 0 Å². The lowest BCUT2D eigenvalue weighted by molar-refractivity contribution is -0.143. The number of carbonyl (C=O) groups is 1. The van der Waals surface area contributed by atoms with Gasteiger partial charge in [-0.3, -0.25) is 0 Å². The normalized spacial score (nSPS) is 12.5. The third kappa shape index (κ3) is 4.87. The van der Waals surface area contributed by atoms with Crippen LogP contribution >= 0.6 is 0 Å². The molecule has 2 aromatic rings. The van der Waals surface area contributed by atoms with Crippen LogP contribution in [-0.4, -0.2) is 31.7 Å². The molecule has 30 heavy (non-hydrogen) atoms. The summed E-state index contributed by atoms with van der Waals surface area (Å²) in [5, 5.41) is 19.3. The highest BCUT2D eigenvalue weighted by Gasteiger charge is 2.38. The molecule has 0 amide bonds. The van der Waals surface area contributed by atoms with Gasteiger partial charge in [0, 0.05) is 6.07 Å². The van der Waals surface area contributed by atoms with E-state index in [1.165, 1.54) is 0 Å². The van der Waals surface area contributed by atoms with E-state index in [1.54, 1.807) is 0 Å². The summed E-state index contributed by atoms with van der Waals surface area (Å²) < 4.78 is 111. The van der Waals surface area contributed by atoms with Crippen LogP contribution in [0, 0.1) is 0 Å². The average molecular weight is 460 g/mol. The van der Waals surface area contributed by atoms with E-state index in [1.807, 2.05) is 0 Å². The van der Waals surface area contributed by atoms with Gasteiger partial charge < -0.3 is 19.1 Å². The SMILES string of the molecule is COC(=O)c1cc(O)c(O)c(OS(=O)(=O)c2cc(C(F)(F)F)cc(C(F)(F)F)c2)c1. The quantitative estimate of drug-likeness (QED) is 0.310. The van der Waals surface area contributed by atoms with Crippen LogP contribution in [0.15, 0.2) is 35.2 Å². The maximum absolute atomic E-state index is 12.9. The Morgan fingerprint density at radius 3 is 1.83 bits per heavy atom. The van der Waals surface area contributed by atoms with Crippen molar-refractivity contribution in [1.29, 1.82) is 0 Å². The fourth-order valence-corrected chi connectivity index (χ4v) is 3.13. The maximum atomic E-state index is 12.9. The molecule has 0 unspecified atom stereocenters. The Morgan fingerprint density at radius 1 is 0.900 bits per heavy atom. The number of aromatic hydroxyl groups is 2. The van der Waals surface area contributed by atoms with Gasteiger partial charge in [0.1, 0.15) is 4.90 Å². The van der Waals surface area contributed by atoms with Crippen LogP contribution in [0.2, 0.25) is 0 Å². The number of phenolic OH excluding ortho intramolecular Hbond substituents is 2. The van der Waals surface area contributed by atoms with Crippen molar-refractivity contribution in [1.82, 2.24) is 0 Å². The Morgan fingerprint density at radius 2 is 1.40 bits per heavy atom. The molecule has 0 radical (unpaired) electrons. The van der Waals surface area contributed by atoms with Crippen LogP contribution < -0.4 is 4.18 Å². The number of ether oxygens (including phenoxy) is 1. The molecule has 0 fully saturated rings. The van der Waals surface area contributed by atoms with E-state index < -0.39 is 67.3 Å². The molecule has 7 nitrogen and oxygen atoms in total. The first-order valence-electron chi connectivity index (χ1n) is 7.44. The molecule has 0 aliphatic heterocycles. The van der Waals surface area contributed by atoms with Crippen molar-refractivity contribution in [2.75, 3.05) is 7.11 Å². The molecule has 2 N–H and O–H groups in total. The van der Waals surface area contributed by atoms with Crippen LogP contribution in [-0.2, 0) is 27.2 Å². The van der Waals surface area contributed by atoms with Gasteiger partial charge in [-0.2, -0.15) is 34.8 Å². The van der Waals surface area contributed by atoms with Crippen LogP contribution in [0.5, 0.6) is 17.2 Å². The van der Waals surface area contributed by atoms with Gasteiger partial charge >= 0.3 is 28.4 Å². The first kappa shape index (κ1) is 23.1. The predicted octanol–water partition coefficient (Wildman–Crippen LogP) is 3.69. The number of hydrogen-bond acceptors (Lipinski definition) is 7. The van der Waals surface area contributed by atoms with Crippen molar-refractivity contribution < 1.29 is 58.7 Å². The Labute approximate surface area is 164 Å². The summed E-state index contributed by atoms with van der Waals surface area (Å²) in [6, 6.07) is 0.709. The molecule has 164 valence electrons. The number of esters is 1. The van der Waals surface area contributed by atoms with Gasteiger partial charge in [0.2, 0.25) is 5.75 Å². The van der Waals surface area contributed by atoms with Gasteiger partial charge in [-0.25, -0.2) is 4.79 Å². The summed E-state index contributed by atoms with van der Waals surface area (Å²) in [6.07, 6.45) is -10.6. The standard InChI is InChI=1S/C16H10F6O7S/c1-28-14(25)7-2-11(23)13(24)12(3-7)29-30(26,27)10-5-8(15(17,18)19)4-9(6-10)16(20,21)22/h2-6,23-24H,1H3. The van der Waals surface area contributed by atoms with Gasteiger partial charge in [-0.1, -0.05) is 0 Å². The van der Waals surface area contributed by atoms with Crippen LogP contribution in [0.25, 0.3) is 0 Å². The topological polar surface area (TPSA) is 110 Å². The lowest BCUT2D eigenvalue weighted by Gasteiger charge is -2.15. The lowest BCUT2D eigenvalue weighted by Crippen LogP contribution is -2.16. The van der Waals surface area contributed by atoms with Crippen molar-refractivity contribution >= 4 is 16.1 Å². The lowest BCUT2D eigenvalue weighted by atomic mass is 10.1. The highest BCUT2D eigenvalue weighted by molar-refractivity contribution is 7.87. The summed E-state index contributed by atoms with van der Waals surface area (Å²) in [5.41, 5.74) is -4.37. The molecule has 0 saturated heterocycles. The Hall–Kier alpha value is -3.16. The van der Waals surface area contributed by atoms with Crippen LogP contribution in [0.1, 0.15) is 21.5 Å². The molecule has 14 heteroatoms. The number of methoxy groups -OCH3 is 1. The van der Waals surface area contributed by atoms with Crippen molar-refractivity contribution in [2.45, 2.75) is 17.2 Å². The zero-order valence-electron chi connectivity index (χ0n) is 14.5. The van der Waals surface area contributed by atoms with E-state index in [-0.39, 0.29) is 18.2 Å². The second-order valence-corrected chi connectivity index (χ2v) is 7.16. The van der Waals surface area contributed by atoms with Crippen molar-refractivity contribution in [3.63, 3.8) is 0 Å². The highest BCUT2D eigenvalue weighted by atomic mass is 32.2. The number of halogens is 6. The van der Waals surface area contributed by atoms with Gasteiger partial charge in [0.25, 0.3) is 0 Å². The smallest absolute Gasteiger partial charge is 0.416 e. The van der Waals surface area contributed by atoms with Gasteiger partial charge in [0.15, 0.2) is 11.5 Å². The minimum atomic E-state index is -5.39. The van der Waals surface area contributed by atoms with Crippen molar-refractivity contribution in [3.05, 3.63) is 47.0 Å². The van der Waals surface area contributed by atoms with E-state index in [0.29, 0.717) is 12.1 Å². The minimum Gasteiger partial charge on any atom is -0.504 e. The zero-order chi connectivity index (χ0) is 23.1. The van der Waals surface area contributed by atoms with E-state index in [9.17, 15) is 49.8 Å². The van der Waals surface area contributed by atoms with E-state index >= 15 is 0 Å². The second-order valence-electron chi connectivity index (χ2n) is 5.61. The molecule has 2 aromatic carbocycles. The molecule has 0 bridgehead atoms. The first-order valence-corrected chi connectivity index (χ1v) is 8.85. The zero-order valence-corrected chi connectivity index (χ0v) is 15.3. The van der Waals surface area contributed by atoms with E-state index in [2.05, 4.69) is 8.92 Å². The average Bonchev–Trinajstić information content (AvgIpc) is 2.62. The van der Waals surface area contributed by atoms with Crippen molar-refractivity contribution in [2.24, 2.45) is 0 Å². The molecule has 0 spiro atoms. The number of rotatable bonds is 4. The Kier molecular flexibility index (Phi) is 5.85.